The second kappa shape index (κ2) is 4.18. The molecular formula is C14H18O. The highest BCUT2D eigenvalue weighted by molar-refractivity contribution is 6.00. The molecule has 0 amide bonds. The van der Waals surface area contributed by atoms with E-state index < -0.39 is 0 Å². The van der Waals surface area contributed by atoms with Crippen LogP contribution in [0.3, 0.4) is 0 Å². The number of hydrogen-bond donors (Lipinski definition) is 0. The lowest BCUT2D eigenvalue weighted by Gasteiger charge is -2.32. The van der Waals surface area contributed by atoms with Crippen molar-refractivity contribution in [3.63, 3.8) is 0 Å². The third-order valence-electron chi connectivity index (χ3n) is 3.54. The highest BCUT2D eigenvalue weighted by Crippen LogP contribution is 2.38. The summed E-state index contributed by atoms with van der Waals surface area (Å²) in [6.07, 6.45) is 5.81. The smallest absolute Gasteiger partial charge is 0.168 e. The van der Waals surface area contributed by atoms with E-state index in [1.165, 1.54) is 19.3 Å². The third kappa shape index (κ3) is 2.11. The summed E-state index contributed by atoms with van der Waals surface area (Å²) in [7, 11) is 0. The first-order valence-corrected chi connectivity index (χ1v) is 5.82. The molecule has 1 nitrogen and oxygen atoms in total. The second-order valence-electron chi connectivity index (χ2n) is 4.82. The normalized spacial score (nSPS) is 19.8. The van der Waals surface area contributed by atoms with Crippen LogP contribution in [0.5, 0.6) is 0 Å². The number of ketones is 1. The van der Waals surface area contributed by atoms with Gasteiger partial charge in [-0.25, -0.2) is 0 Å². The summed E-state index contributed by atoms with van der Waals surface area (Å²) in [6, 6.07) is 9.71. The molecule has 1 aliphatic carbocycles. The van der Waals surface area contributed by atoms with Crippen LogP contribution in [0, 0.1) is 5.41 Å². The van der Waals surface area contributed by atoms with E-state index in [2.05, 4.69) is 6.92 Å². The van der Waals surface area contributed by atoms with Gasteiger partial charge in [0.05, 0.1) is 0 Å². The fourth-order valence-corrected chi connectivity index (χ4v) is 2.50. The molecule has 0 atom stereocenters. The summed E-state index contributed by atoms with van der Waals surface area (Å²) in [5, 5.41) is 0. The van der Waals surface area contributed by atoms with Crippen molar-refractivity contribution in [3.05, 3.63) is 35.9 Å². The molecule has 2 rings (SSSR count). The summed E-state index contributed by atoms with van der Waals surface area (Å²) in [5.41, 5.74) is 0.779. The fourth-order valence-electron chi connectivity index (χ4n) is 2.50. The van der Waals surface area contributed by atoms with Gasteiger partial charge in [0.2, 0.25) is 0 Å². The molecule has 0 N–H and O–H groups in total. The van der Waals surface area contributed by atoms with Gasteiger partial charge in [0.1, 0.15) is 0 Å². The van der Waals surface area contributed by atoms with Crippen LogP contribution < -0.4 is 0 Å². The predicted molar refractivity (Wildman–Crippen MR) is 62.0 cm³/mol. The number of carbonyl (C=O) groups excluding carboxylic acids is 1. The zero-order valence-corrected chi connectivity index (χ0v) is 9.33. The first kappa shape index (κ1) is 10.4. The van der Waals surface area contributed by atoms with E-state index in [0.29, 0.717) is 5.78 Å². The average molecular weight is 202 g/mol. The van der Waals surface area contributed by atoms with Crippen LogP contribution in [0.4, 0.5) is 0 Å². The maximum atomic E-state index is 12.3. The molecule has 15 heavy (non-hydrogen) atoms. The van der Waals surface area contributed by atoms with Crippen molar-refractivity contribution in [1.82, 2.24) is 0 Å². The minimum Gasteiger partial charge on any atom is -0.294 e. The van der Waals surface area contributed by atoms with Crippen molar-refractivity contribution in [2.24, 2.45) is 5.41 Å². The average Bonchev–Trinajstić information content (AvgIpc) is 2.30. The highest BCUT2D eigenvalue weighted by atomic mass is 16.1. The number of carbonyl (C=O) groups is 1. The molecule has 1 aromatic carbocycles. The van der Waals surface area contributed by atoms with E-state index in [9.17, 15) is 4.79 Å². The topological polar surface area (TPSA) is 17.1 Å². The van der Waals surface area contributed by atoms with Gasteiger partial charge in [-0.2, -0.15) is 0 Å². The van der Waals surface area contributed by atoms with Crippen molar-refractivity contribution in [2.75, 3.05) is 0 Å². The van der Waals surface area contributed by atoms with E-state index >= 15 is 0 Å². The summed E-state index contributed by atoms with van der Waals surface area (Å²) in [5.74, 6) is 0.336. The van der Waals surface area contributed by atoms with Gasteiger partial charge >= 0.3 is 0 Å². The fraction of sp³-hybridized carbons (Fsp3) is 0.500. The minimum absolute atomic E-state index is 0.0976. The molecule has 1 aromatic rings. The SMILES string of the molecule is CC1(C(=O)c2ccccc2)CCCCC1. The molecule has 1 heteroatoms. The van der Waals surface area contributed by atoms with Gasteiger partial charge in [-0.05, 0) is 12.8 Å². The zero-order chi connectivity index (χ0) is 10.7. The molecule has 0 saturated heterocycles. The minimum atomic E-state index is -0.0976. The number of hydrogen-bond acceptors (Lipinski definition) is 1. The van der Waals surface area contributed by atoms with Gasteiger partial charge in [-0.1, -0.05) is 56.5 Å². The monoisotopic (exact) mass is 202 g/mol. The Kier molecular flexibility index (Phi) is 2.90. The van der Waals surface area contributed by atoms with E-state index in [1.54, 1.807) is 0 Å². The van der Waals surface area contributed by atoms with Crippen molar-refractivity contribution < 1.29 is 4.79 Å². The molecule has 0 aliphatic heterocycles. The Labute approximate surface area is 91.5 Å². The molecular weight excluding hydrogens is 184 g/mol. The zero-order valence-electron chi connectivity index (χ0n) is 9.33. The summed E-state index contributed by atoms with van der Waals surface area (Å²) < 4.78 is 0. The summed E-state index contributed by atoms with van der Waals surface area (Å²) >= 11 is 0. The van der Waals surface area contributed by atoms with Crippen LogP contribution in [-0.2, 0) is 0 Å². The molecule has 0 aromatic heterocycles. The first-order chi connectivity index (χ1) is 7.22. The van der Waals surface area contributed by atoms with Gasteiger partial charge in [-0.3, -0.25) is 4.79 Å². The van der Waals surface area contributed by atoms with Crippen molar-refractivity contribution >= 4 is 5.78 Å². The lowest BCUT2D eigenvalue weighted by molar-refractivity contribution is 0.0749. The van der Waals surface area contributed by atoms with Crippen molar-refractivity contribution in [1.29, 1.82) is 0 Å². The van der Waals surface area contributed by atoms with Crippen LogP contribution in [0.2, 0.25) is 0 Å². The molecule has 0 bridgehead atoms. The largest absolute Gasteiger partial charge is 0.294 e. The lowest BCUT2D eigenvalue weighted by atomic mass is 9.71. The van der Waals surface area contributed by atoms with Crippen LogP contribution in [0.25, 0.3) is 0 Å². The lowest BCUT2D eigenvalue weighted by Crippen LogP contribution is -2.30. The highest BCUT2D eigenvalue weighted by Gasteiger charge is 2.34. The maximum Gasteiger partial charge on any atom is 0.168 e. The molecule has 0 unspecified atom stereocenters. The predicted octanol–water partition coefficient (Wildman–Crippen LogP) is 3.84. The van der Waals surface area contributed by atoms with Gasteiger partial charge in [0, 0.05) is 11.0 Å². The number of benzene rings is 1. The van der Waals surface area contributed by atoms with Crippen LogP contribution >= 0.6 is 0 Å². The van der Waals surface area contributed by atoms with E-state index in [1.807, 2.05) is 30.3 Å². The molecule has 1 aliphatic rings. The quantitative estimate of drug-likeness (QED) is 0.666. The van der Waals surface area contributed by atoms with Gasteiger partial charge < -0.3 is 0 Å². The molecule has 1 fully saturated rings. The Hall–Kier alpha value is -1.11. The molecule has 0 heterocycles. The summed E-state index contributed by atoms with van der Waals surface area (Å²) in [4.78, 5) is 12.3. The Morgan fingerprint density at radius 3 is 2.27 bits per heavy atom. The van der Waals surface area contributed by atoms with E-state index in [4.69, 9.17) is 0 Å². The Morgan fingerprint density at radius 2 is 1.67 bits per heavy atom. The first-order valence-electron chi connectivity index (χ1n) is 5.82. The van der Waals surface area contributed by atoms with Gasteiger partial charge in [0.15, 0.2) is 5.78 Å². The number of rotatable bonds is 2. The van der Waals surface area contributed by atoms with E-state index in [0.717, 1.165) is 18.4 Å². The molecule has 0 spiro atoms. The van der Waals surface area contributed by atoms with Crippen molar-refractivity contribution in [3.8, 4) is 0 Å². The Balaban J connectivity index is 2.20. The Morgan fingerprint density at radius 1 is 1.07 bits per heavy atom. The van der Waals surface area contributed by atoms with Gasteiger partial charge in [-0.15, -0.1) is 0 Å². The van der Waals surface area contributed by atoms with Crippen LogP contribution in [-0.4, -0.2) is 5.78 Å². The maximum absolute atomic E-state index is 12.3. The second-order valence-corrected chi connectivity index (χ2v) is 4.82. The number of Topliss-reactive ketones (excluding diaryl/α,β-unsaturated/α-hetero) is 1. The third-order valence-corrected chi connectivity index (χ3v) is 3.54. The summed E-state index contributed by atoms with van der Waals surface area (Å²) in [6.45, 7) is 2.13. The van der Waals surface area contributed by atoms with E-state index in [-0.39, 0.29) is 5.41 Å². The van der Waals surface area contributed by atoms with Crippen LogP contribution in [0.1, 0.15) is 49.4 Å². The standard InChI is InChI=1S/C14H18O/c1-14(10-6-3-7-11-14)13(15)12-8-4-2-5-9-12/h2,4-5,8-9H,3,6-7,10-11H2,1H3. The van der Waals surface area contributed by atoms with Gasteiger partial charge in [0.25, 0.3) is 0 Å². The van der Waals surface area contributed by atoms with Crippen LogP contribution in [0.15, 0.2) is 30.3 Å². The molecule has 80 valence electrons. The Bertz CT molecular complexity index is 334. The molecule has 1 saturated carbocycles. The van der Waals surface area contributed by atoms with Crippen molar-refractivity contribution in [2.45, 2.75) is 39.0 Å². The molecule has 0 radical (unpaired) electrons.